The van der Waals surface area contributed by atoms with Gasteiger partial charge < -0.3 is 20.4 Å². The van der Waals surface area contributed by atoms with Crippen molar-refractivity contribution in [1.29, 1.82) is 0 Å². The molecule has 3 aliphatic carbocycles. The van der Waals surface area contributed by atoms with Crippen LogP contribution in [0.3, 0.4) is 0 Å². The SMILES string of the molecule is O=C(O)C1(CC2CCC(CO)CC2)C(=O)CCC(=O)C1(CC1CCC(CO)CC1)C(=O)O. The minimum absolute atomic E-state index is 0.0593. The fraction of sp³-hybridized carbons (Fsp3) is 0.833. The Bertz CT molecular complexity index is 670. The Hall–Kier alpha value is -1.80. The van der Waals surface area contributed by atoms with Crippen LogP contribution >= 0.6 is 0 Å². The highest BCUT2D eigenvalue weighted by Gasteiger charge is 2.71. The Morgan fingerprint density at radius 3 is 1.16 bits per heavy atom. The number of Topliss-reactive ketones (excluding diaryl/α,β-unsaturated/α-hetero) is 2. The van der Waals surface area contributed by atoms with E-state index < -0.39 is 34.3 Å². The Morgan fingerprint density at radius 2 is 0.906 bits per heavy atom. The van der Waals surface area contributed by atoms with Gasteiger partial charge in [-0.1, -0.05) is 25.7 Å². The molecule has 0 spiro atoms. The van der Waals surface area contributed by atoms with Gasteiger partial charge in [-0.2, -0.15) is 0 Å². The van der Waals surface area contributed by atoms with Crippen molar-refractivity contribution in [3.8, 4) is 0 Å². The third kappa shape index (κ3) is 4.23. The van der Waals surface area contributed by atoms with E-state index >= 15 is 0 Å². The Kier molecular flexibility index (Phi) is 7.76. The molecule has 4 N–H and O–H groups in total. The average Bonchev–Trinajstić information content (AvgIpc) is 2.79. The maximum Gasteiger partial charge on any atom is 0.318 e. The first-order valence-electron chi connectivity index (χ1n) is 12.0. The minimum Gasteiger partial charge on any atom is -0.480 e. The van der Waals surface area contributed by atoms with Crippen molar-refractivity contribution in [3.63, 3.8) is 0 Å². The number of ketones is 2. The number of carboxylic acid groups (broad SMARTS) is 2. The molecule has 0 aliphatic heterocycles. The second-order valence-electron chi connectivity index (χ2n) is 10.3. The Labute approximate surface area is 188 Å². The van der Waals surface area contributed by atoms with Crippen LogP contribution in [0.4, 0.5) is 0 Å². The minimum atomic E-state index is -2.25. The number of rotatable bonds is 8. The van der Waals surface area contributed by atoms with Crippen LogP contribution in [0.1, 0.15) is 77.0 Å². The summed E-state index contributed by atoms with van der Waals surface area (Å²) in [6, 6.07) is 0. The molecule has 8 heteroatoms. The van der Waals surface area contributed by atoms with Crippen LogP contribution in [0.2, 0.25) is 0 Å². The molecule has 0 aromatic carbocycles. The predicted octanol–water partition coefficient (Wildman–Crippen LogP) is 2.44. The van der Waals surface area contributed by atoms with Crippen molar-refractivity contribution in [2.45, 2.75) is 77.0 Å². The molecular formula is C24H36O8. The second-order valence-corrected chi connectivity index (χ2v) is 10.3. The third-order valence-electron chi connectivity index (χ3n) is 8.63. The van der Waals surface area contributed by atoms with Crippen molar-refractivity contribution in [2.75, 3.05) is 13.2 Å². The van der Waals surface area contributed by atoms with E-state index in [1.165, 1.54) is 0 Å². The van der Waals surface area contributed by atoms with E-state index in [1.54, 1.807) is 0 Å². The summed E-state index contributed by atoms with van der Waals surface area (Å²) in [6.45, 7) is 0.119. The molecule has 3 aliphatic rings. The van der Waals surface area contributed by atoms with Crippen LogP contribution in [0.5, 0.6) is 0 Å². The molecule has 0 saturated heterocycles. The van der Waals surface area contributed by atoms with E-state index in [4.69, 9.17) is 0 Å². The lowest BCUT2D eigenvalue weighted by atomic mass is 9.48. The largest absolute Gasteiger partial charge is 0.480 e. The highest BCUT2D eigenvalue weighted by atomic mass is 16.4. The molecule has 0 aromatic heterocycles. The quantitative estimate of drug-likeness (QED) is 0.410. The molecule has 0 aromatic rings. The molecule has 0 amide bonds. The number of carboxylic acids is 2. The molecular weight excluding hydrogens is 416 g/mol. The number of aliphatic carboxylic acids is 2. The molecule has 0 heterocycles. The fourth-order valence-electron chi connectivity index (χ4n) is 6.59. The molecule has 0 radical (unpaired) electrons. The average molecular weight is 453 g/mol. The summed E-state index contributed by atoms with van der Waals surface area (Å²) in [4.78, 5) is 52.1. The van der Waals surface area contributed by atoms with Crippen LogP contribution in [-0.4, -0.2) is 57.1 Å². The van der Waals surface area contributed by atoms with Crippen LogP contribution in [-0.2, 0) is 19.2 Å². The molecule has 3 fully saturated rings. The topological polar surface area (TPSA) is 149 Å². The van der Waals surface area contributed by atoms with Crippen molar-refractivity contribution in [3.05, 3.63) is 0 Å². The Morgan fingerprint density at radius 1 is 0.625 bits per heavy atom. The number of hydrogen-bond acceptors (Lipinski definition) is 6. The van der Waals surface area contributed by atoms with Crippen molar-refractivity contribution in [2.24, 2.45) is 34.5 Å². The van der Waals surface area contributed by atoms with E-state index in [0.29, 0.717) is 51.4 Å². The van der Waals surface area contributed by atoms with Crippen molar-refractivity contribution < 1.29 is 39.6 Å². The number of carbonyl (C=O) groups is 4. The van der Waals surface area contributed by atoms with Gasteiger partial charge in [0.15, 0.2) is 11.6 Å². The lowest BCUT2D eigenvalue weighted by molar-refractivity contribution is -0.190. The summed E-state index contributed by atoms with van der Waals surface area (Å²) in [5, 5.41) is 39.6. The zero-order chi connectivity index (χ0) is 23.5. The summed E-state index contributed by atoms with van der Waals surface area (Å²) in [6.07, 6.45) is 4.50. The monoisotopic (exact) mass is 452 g/mol. The second kappa shape index (κ2) is 10.00. The molecule has 2 atom stereocenters. The van der Waals surface area contributed by atoms with Gasteiger partial charge in [0, 0.05) is 26.1 Å². The van der Waals surface area contributed by atoms with Crippen LogP contribution in [0.15, 0.2) is 0 Å². The molecule has 0 bridgehead atoms. The van der Waals surface area contributed by atoms with Gasteiger partial charge in [0.2, 0.25) is 0 Å². The number of aliphatic hydroxyl groups excluding tert-OH is 2. The Balaban J connectivity index is 1.98. The zero-order valence-corrected chi connectivity index (χ0v) is 18.6. The van der Waals surface area contributed by atoms with Crippen LogP contribution in [0.25, 0.3) is 0 Å². The van der Waals surface area contributed by atoms with E-state index in [2.05, 4.69) is 0 Å². The van der Waals surface area contributed by atoms with Gasteiger partial charge in [-0.3, -0.25) is 19.2 Å². The normalized spacial score (nSPS) is 38.4. The highest BCUT2D eigenvalue weighted by Crippen LogP contribution is 2.56. The molecule has 2 unspecified atom stereocenters. The van der Waals surface area contributed by atoms with Crippen LogP contribution < -0.4 is 0 Å². The summed E-state index contributed by atoms with van der Waals surface area (Å²) < 4.78 is 0. The number of hydrogen-bond donors (Lipinski definition) is 4. The summed E-state index contributed by atoms with van der Waals surface area (Å²) >= 11 is 0. The molecule has 3 saturated carbocycles. The molecule has 3 rings (SSSR count). The molecule has 8 nitrogen and oxygen atoms in total. The highest BCUT2D eigenvalue weighted by molar-refractivity contribution is 6.20. The van der Waals surface area contributed by atoms with Crippen molar-refractivity contribution >= 4 is 23.5 Å². The summed E-state index contributed by atoms with van der Waals surface area (Å²) in [5.74, 6) is -4.33. The van der Waals surface area contributed by atoms with Gasteiger partial charge in [-0.15, -0.1) is 0 Å². The standard InChI is InChI=1S/C24H36O8/c25-13-17-5-1-15(2-6-17)11-23(21(29)30)19(27)9-10-20(28)24(23,22(31)32)12-16-3-7-18(14-26)8-4-16/h15-18,25-26H,1-14H2,(H,29,30)(H,31,32). The first kappa shape index (κ1) is 24.8. The first-order valence-corrected chi connectivity index (χ1v) is 12.0. The third-order valence-corrected chi connectivity index (χ3v) is 8.63. The van der Waals surface area contributed by atoms with Gasteiger partial charge in [0.1, 0.15) is 10.8 Å². The lowest BCUT2D eigenvalue weighted by Crippen LogP contribution is -2.64. The van der Waals surface area contributed by atoms with E-state index in [-0.39, 0.29) is 62.6 Å². The predicted molar refractivity (Wildman–Crippen MR) is 114 cm³/mol. The van der Waals surface area contributed by atoms with Gasteiger partial charge in [0.25, 0.3) is 0 Å². The van der Waals surface area contributed by atoms with E-state index in [9.17, 15) is 39.6 Å². The lowest BCUT2D eigenvalue weighted by Gasteiger charge is -2.49. The van der Waals surface area contributed by atoms with Gasteiger partial charge in [-0.05, 0) is 62.2 Å². The zero-order valence-electron chi connectivity index (χ0n) is 18.6. The fourth-order valence-corrected chi connectivity index (χ4v) is 6.59. The maximum atomic E-state index is 13.3. The molecule has 32 heavy (non-hydrogen) atoms. The first-order chi connectivity index (χ1) is 15.2. The van der Waals surface area contributed by atoms with E-state index in [0.717, 1.165) is 0 Å². The number of carbonyl (C=O) groups excluding carboxylic acids is 2. The van der Waals surface area contributed by atoms with Gasteiger partial charge in [0.05, 0.1) is 0 Å². The number of aliphatic hydroxyl groups is 2. The van der Waals surface area contributed by atoms with Gasteiger partial charge >= 0.3 is 11.9 Å². The van der Waals surface area contributed by atoms with Crippen molar-refractivity contribution in [1.82, 2.24) is 0 Å². The van der Waals surface area contributed by atoms with Crippen LogP contribution in [0, 0.1) is 34.5 Å². The smallest absolute Gasteiger partial charge is 0.318 e. The maximum absolute atomic E-state index is 13.3. The van der Waals surface area contributed by atoms with E-state index in [1.807, 2.05) is 0 Å². The summed E-state index contributed by atoms with van der Waals surface area (Å²) in [5.41, 5.74) is -4.50. The summed E-state index contributed by atoms with van der Waals surface area (Å²) in [7, 11) is 0. The molecule has 180 valence electrons. The van der Waals surface area contributed by atoms with Gasteiger partial charge in [-0.25, -0.2) is 0 Å².